The van der Waals surface area contributed by atoms with Crippen molar-refractivity contribution in [3.8, 4) is 34.2 Å². The van der Waals surface area contributed by atoms with Crippen LogP contribution in [0, 0.1) is 0 Å². The molecule has 0 amide bonds. The molecule has 0 saturated carbocycles. The van der Waals surface area contributed by atoms with Gasteiger partial charge in [-0.25, -0.2) is 15.0 Å². The van der Waals surface area contributed by atoms with Gasteiger partial charge in [0.2, 0.25) is 0 Å². The van der Waals surface area contributed by atoms with Crippen LogP contribution < -0.4 is 0 Å². The van der Waals surface area contributed by atoms with Crippen molar-refractivity contribution >= 4 is 43.9 Å². The Balaban J connectivity index is 1.56. The fourth-order valence-corrected chi connectivity index (χ4v) is 4.93. The second-order valence-electron chi connectivity index (χ2n) is 8.81. The zero-order chi connectivity index (χ0) is 27.4. The van der Waals surface area contributed by atoms with Crippen molar-refractivity contribution < 1.29 is 4.11 Å². The molecule has 0 spiro atoms. The maximum atomic E-state index is 8.64. The zero-order valence-electron chi connectivity index (χ0n) is 22.5. The summed E-state index contributed by atoms with van der Waals surface area (Å²) >= 11 is 6.30. The van der Waals surface area contributed by atoms with E-state index in [4.69, 9.17) is 30.7 Å². The second kappa shape index (κ2) is 8.81. The third-order valence-electron chi connectivity index (χ3n) is 6.53. The van der Waals surface area contributed by atoms with Crippen molar-refractivity contribution in [1.29, 1.82) is 0 Å². The first kappa shape index (κ1) is 18.6. The van der Waals surface area contributed by atoms with Crippen LogP contribution in [0.5, 0.6) is 0 Å². The summed E-state index contributed by atoms with van der Waals surface area (Å²) < 4.78 is 25.3. The normalized spacial score (nSPS) is 12.5. The van der Waals surface area contributed by atoms with E-state index in [0.717, 1.165) is 43.4 Å². The number of rotatable bonds is 3. The van der Waals surface area contributed by atoms with Crippen molar-refractivity contribution in [3.63, 3.8) is 0 Å². The van der Waals surface area contributed by atoms with Crippen LogP contribution in [0.25, 0.3) is 66.5 Å². The van der Waals surface area contributed by atoms with Gasteiger partial charge >= 0.3 is 0 Å². The highest BCUT2D eigenvalue weighted by molar-refractivity contribution is 6.30. The van der Waals surface area contributed by atoms with E-state index in [1.165, 1.54) is 6.07 Å². The van der Waals surface area contributed by atoms with Gasteiger partial charge in [0.25, 0.3) is 0 Å². The van der Waals surface area contributed by atoms with Crippen LogP contribution >= 0.6 is 11.6 Å². The fourth-order valence-electron chi connectivity index (χ4n) is 4.78. The predicted molar refractivity (Wildman–Crippen MR) is 154 cm³/mol. The van der Waals surface area contributed by atoms with Gasteiger partial charge in [0.1, 0.15) is 0 Å². The van der Waals surface area contributed by atoms with Crippen LogP contribution in [0.1, 0.15) is 4.11 Å². The van der Waals surface area contributed by atoms with Gasteiger partial charge in [-0.1, -0.05) is 109 Å². The Morgan fingerprint density at radius 3 is 2.00 bits per heavy atom. The van der Waals surface area contributed by atoms with Gasteiger partial charge in [0, 0.05) is 21.7 Å². The summed E-state index contributed by atoms with van der Waals surface area (Å²) in [6.45, 7) is 0. The van der Waals surface area contributed by atoms with Gasteiger partial charge in [-0.15, -0.1) is 0 Å². The number of halogens is 1. The Kier molecular flexibility index (Phi) is 4.44. The van der Waals surface area contributed by atoms with Crippen LogP contribution in [0.15, 0.2) is 121 Å². The van der Waals surface area contributed by atoms with Crippen LogP contribution in [0.4, 0.5) is 0 Å². The van der Waals surface area contributed by atoms with Crippen molar-refractivity contribution in [2.75, 3.05) is 0 Å². The first-order chi connectivity index (χ1) is 19.5. The molecule has 4 heteroatoms. The molecule has 0 bridgehead atoms. The SMILES string of the molecule is [2H]c1cc([2H])c(-c2nc(-c3ccc4ccccc4c3)nc(-c3cc4ccccc4c4ccccc34)n2)c([2H])c1Cl. The van der Waals surface area contributed by atoms with Gasteiger partial charge < -0.3 is 0 Å². The average Bonchev–Trinajstić information content (AvgIpc) is 2.99. The molecule has 6 aromatic carbocycles. The third kappa shape index (κ3) is 3.90. The first-order valence-electron chi connectivity index (χ1n) is 13.4. The molecule has 1 heterocycles. The number of hydrogen-bond acceptors (Lipinski definition) is 3. The summed E-state index contributed by atoms with van der Waals surface area (Å²) in [5, 5.41) is 6.34. The fraction of sp³-hybridized carbons (Fsp3) is 0. The van der Waals surface area contributed by atoms with Gasteiger partial charge in [-0.2, -0.15) is 0 Å². The molecule has 0 aliphatic heterocycles. The number of benzene rings is 6. The van der Waals surface area contributed by atoms with E-state index < -0.39 is 0 Å². The second-order valence-corrected chi connectivity index (χ2v) is 9.18. The smallest absolute Gasteiger partial charge is 0.164 e. The Labute approximate surface area is 223 Å². The van der Waals surface area contributed by atoms with E-state index in [1.54, 1.807) is 0 Å². The summed E-state index contributed by atoms with van der Waals surface area (Å²) in [4.78, 5) is 14.5. The van der Waals surface area contributed by atoms with Crippen LogP contribution in [-0.2, 0) is 0 Å². The maximum Gasteiger partial charge on any atom is 0.164 e. The molecule has 1 aromatic heterocycles. The summed E-state index contributed by atoms with van der Waals surface area (Å²) in [6, 6.07) is 33.6. The molecule has 0 unspecified atom stereocenters. The summed E-state index contributed by atoms with van der Waals surface area (Å²) in [5.74, 6) is 1.02. The van der Waals surface area contributed by atoms with Crippen molar-refractivity contribution in [2.24, 2.45) is 0 Å². The van der Waals surface area contributed by atoms with Crippen LogP contribution in [0.2, 0.25) is 5.02 Å². The lowest BCUT2D eigenvalue weighted by Crippen LogP contribution is -2.01. The van der Waals surface area contributed by atoms with Gasteiger partial charge in [0.05, 0.1) is 4.11 Å². The largest absolute Gasteiger partial charge is 0.208 e. The molecule has 7 rings (SSSR count). The zero-order valence-corrected chi connectivity index (χ0v) is 20.3. The van der Waals surface area contributed by atoms with E-state index in [1.807, 2.05) is 72.8 Å². The first-order valence-corrected chi connectivity index (χ1v) is 12.3. The van der Waals surface area contributed by atoms with Crippen molar-refractivity contribution in [3.05, 3.63) is 126 Å². The number of nitrogens with zero attached hydrogens (tertiary/aromatic N) is 3. The highest BCUT2D eigenvalue weighted by Gasteiger charge is 2.16. The van der Waals surface area contributed by atoms with Crippen molar-refractivity contribution in [1.82, 2.24) is 15.0 Å². The number of aromatic nitrogens is 3. The van der Waals surface area contributed by atoms with E-state index >= 15 is 0 Å². The van der Waals surface area contributed by atoms with Crippen molar-refractivity contribution in [2.45, 2.75) is 0 Å². The predicted octanol–water partition coefficient (Wildman–Crippen LogP) is 8.99. The van der Waals surface area contributed by atoms with Gasteiger partial charge in [-0.05, 0) is 56.5 Å². The quantitative estimate of drug-likeness (QED) is 0.229. The molecule has 174 valence electrons. The molecule has 37 heavy (non-hydrogen) atoms. The molecule has 3 nitrogen and oxygen atoms in total. The topological polar surface area (TPSA) is 38.7 Å². The lowest BCUT2D eigenvalue weighted by molar-refractivity contribution is 1.08. The lowest BCUT2D eigenvalue weighted by atomic mass is 9.97. The average molecular weight is 497 g/mol. The number of fused-ring (bicyclic) bond motifs is 4. The van der Waals surface area contributed by atoms with E-state index in [9.17, 15) is 0 Å². The third-order valence-corrected chi connectivity index (χ3v) is 6.73. The Morgan fingerprint density at radius 2 is 1.16 bits per heavy atom. The molecule has 0 aliphatic carbocycles. The minimum absolute atomic E-state index is 0.0376. The van der Waals surface area contributed by atoms with Gasteiger partial charge in [-0.3, -0.25) is 0 Å². The highest BCUT2D eigenvalue weighted by atomic mass is 35.5. The minimum Gasteiger partial charge on any atom is -0.208 e. The molecule has 0 radical (unpaired) electrons. The van der Waals surface area contributed by atoms with E-state index in [-0.39, 0.29) is 34.5 Å². The van der Waals surface area contributed by atoms with E-state index in [0.29, 0.717) is 11.6 Å². The Hall–Kier alpha value is -4.60. The molecule has 0 atom stereocenters. The lowest BCUT2D eigenvalue weighted by Gasteiger charge is -2.12. The van der Waals surface area contributed by atoms with Crippen LogP contribution in [-0.4, -0.2) is 15.0 Å². The molecule has 0 fully saturated rings. The number of hydrogen-bond donors (Lipinski definition) is 0. The molecule has 0 saturated heterocycles. The molecule has 0 aliphatic rings. The summed E-state index contributed by atoms with van der Waals surface area (Å²) in [6.07, 6.45) is 0. The summed E-state index contributed by atoms with van der Waals surface area (Å²) in [5.41, 5.74) is 1.77. The monoisotopic (exact) mass is 496 g/mol. The maximum absolute atomic E-state index is 8.64. The van der Waals surface area contributed by atoms with Gasteiger partial charge in [0.15, 0.2) is 17.5 Å². The Bertz CT molecular complexity index is 2130. The summed E-state index contributed by atoms with van der Waals surface area (Å²) in [7, 11) is 0. The Morgan fingerprint density at radius 1 is 0.514 bits per heavy atom. The highest BCUT2D eigenvalue weighted by Crippen LogP contribution is 2.35. The molecular weight excluding hydrogens is 474 g/mol. The van der Waals surface area contributed by atoms with E-state index in [2.05, 4.69) is 24.3 Å². The minimum atomic E-state index is -0.149. The van der Waals surface area contributed by atoms with Crippen LogP contribution in [0.3, 0.4) is 0 Å². The molecule has 7 aromatic rings. The standard InChI is InChI=1S/C33H20ClN3/c34-26-12-7-11-24(19-26)31-35-32(25-17-16-21-8-1-2-9-22(21)18-25)37-33(36-31)30-20-23-10-3-4-13-27(23)28-14-5-6-15-29(28)30/h1-20H/i11D,12D,19D. The molecular formula is C33H20ClN3. The molecule has 0 N–H and O–H groups in total.